The normalized spacial score (nSPS) is 17.4. The summed E-state index contributed by atoms with van der Waals surface area (Å²) in [6.45, 7) is 0. The molecule has 0 radical (unpaired) electrons. The minimum absolute atomic E-state index is 0.0254. The Labute approximate surface area is 233 Å². The molecular formula is C28H20F6N6O2. The van der Waals surface area contributed by atoms with Crippen LogP contribution >= 0.6 is 0 Å². The number of alkyl halides is 6. The number of rotatable bonds is 4. The van der Waals surface area contributed by atoms with Gasteiger partial charge in [0.05, 0.1) is 25.0 Å². The van der Waals surface area contributed by atoms with Gasteiger partial charge >= 0.3 is 12.4 Å². The predicted octanol–water partition coefficient (Wildman–Crippen LogP) is 6.52. The number of carbonyl (C=O) groups is 1. The number of aromatic nitrogens is 5. The number of fused-ring (bicyclic) bond motifs is 2. The molecule has 2 atom stereocenters. The lowest BCUT2D eigenvalue weighted by molar-refractivity contribution is -0.174. The third kappa shape index (κ3) is 4.72. The summed E-state index contributed by atoms with van der Waals surface area (Å²) in [5.74, 6) is -0.576. The minimum Gasteiger partial charge on any atom is -0.497 e. The molecule has 0 saturated carbocycles. The lowest BCUT2D eigenvalue weighted by atomic mass is 9.94. The van der Waals surface area contributed by atoms with E-state index in [-0.39, 0.29) is 17.2 Å². The van der Waals surface area contributed by atoms with Crippen molar-refractivity contribution in [3.63, 3.8) is 0 Å². The van der Waals surface area contributed by atoms with E-state index >= 15 is 0 Å². The van der Waals surface area contributed by atoms with Gasteiger partial charge in [-0.1, -0.05) is 30.3 Å². The summed E-state index contributed by atoms with van der Waals surface area (Å²) in [6, 6.07) is 14.3. The van der Waals surface area contributed by atoms with Gasteiger partial charge in [-0.15, -0.1) is 0 Å². The van der Waals surface area contributed by atoms with Crippen LogP contribution in [0.1, 0.15) is 40.3 Å². The molecule has 1 amide bonds. The van der Waals surface area contributed by atoms with Crippen LogP contribution in [0.25, 0.3) is 16.9 Å². The third-order valence-corrected chi connectivity index (χ3v) is 7.05. The SMILES string of the molecule is COc1ccc(-c2cc(C(F)(F)F)n3nc(C(=O)N4c5ccnn5[C@H](C(F)(F)F)C[C@H]4c4ccccc4)cc3n2)cc1. The van der Waals surface area contributed by atoms with E-state index in [4.69, 9.17) is 4.74 Å². The summed E-state index contributed by atoms with van der Waals surface area (Å²) in [7, 11) is 1.45. The summed E-state index contributed by atoms with van der Waals surface area (Å²) < 4.78 is 91.0. The molecule has 5 aromatic rings. The largest absolute Gasteiger partial charge is 0.497 e. The Morgan fingerprint density at radius 1 is 0.952 bits per heavy atom. The van der Waals surface area contributed by atoms with Crippen LogP contribution in [0.3, 0.4) is 0 Å². The third-order valence-electron chi connectivity index (χ3n) is 7.05. The molecule has 216 valence electrons. The molecule has 0 unspecified atom stereocenters. The number of methoxy groups -OCH3 is 1. The Hall–Kier alpha value is -4.88. The van der Waals surface area contributed by atoms with Gasteiger partial charge in [-0.2, -0.15) is 36.5 Å². The van der Waals surface area contributed by atoms with Crippen LogP contribution in [-0.2, 0) is 6.18 Å². The molecule has 0 saturated heterocycles. The van der Waals surface area contributed by atoms with Crippen molar-refractivity contribution in [1.82, 2.24) is 24.4 Å². The fourth-order valence-electron chi connectivity index (χ4n) is 5.11. The Morgan fingerprint density at radius 2 is 1.67 bits per heavy atom. The van der Waals surface area contributed by atoms with Gasteiger partial charge < -0.3 is 4.74 Å². The molecule has 14 heteroatoms. The fraction of sp³-hybridized carbons (Fsp3) is 0.214. The maximum absolute atomic E-state index is 14.2. The molecule has 4 heterocycles. The number of hydrogen-bond donors (Lipinski definition) is 0. The first kappa shape index (κ1) is 27.3. The summed E-state index contributed by atoms with van der Waals surface area (Å²) in [5.41, 5.74) is -1.14. The van der Waals surface area contributed by atoms with Gasteiger partial charge in [-0.3, -0.25) is 9.69 Å². The second-order valence-corrected chi connectivity index (χ2v) is 9.58. The molecule has 8 nitrogen and oxygen atoms in total. The van der Waals surface area contributed by atoms with Crippen molar-refractivity contribution in [2.24, 2.45) is 0 Å². The predicted molar refractivity (Wildman–Crippen MR) is 138 cm³/mol. The van der Waals surface area contributed by atoms with Crippen molar-refractivity contribution in [3.8, 4) is 17.0 Å². The molecule has 6 rings (SSSR count). The molecule has 0 fully saturated rings. The Balaban J connectivity index is 1.49. The van der Waals surface area contributed by atoms with Crippen LogP contribution in [0.2, 0.25) is 0 Å². The molecule has 0 bridgehead atoms. The highest BCUT2D eigenvalue weighted by Gasteiger charge is 2.50. The maximum Gasteiger partial charge on any atom is 0.433 e. The highest BCUT2D eigenvalue weighted by Crippen LogP contribution is 2.47. The van der Waals surface area contributed by atoms with E-state index in [9.17, 15) is 31.1 Å². The number of anilines is 1. The van der Waals surface area contributed by atoms with Crippen molar-refractivity contribution in [2.45, 2.75) is 30.9 Å². The summed E-state index contributed by atoms with van der Waals surface area (Å²) in [4.78, 5) is 19.4. The topological polar surface area (TPSA) is 77.5 Å². The maximum atomic E-state index is 14.2. The second-order valence-electron chi connectivity index (χ2n) is 9.58. The molecule has 0 aliphatic carbocycles. The van der Waals surface area contributed by atoms with Crippen molar-refractivity contribution in [2.75, 3.05) is 12.0 Å². The Kier molecular flexibility index (Phi) is 6.43. The van der Waals surface area contributed by atoms with Crippen LogP contribution in [0.4, 0.5) is 32.2 Å². The molecular weight excluding hydrogens is 566 g/mol. The van der Waals surface area contributed by atoms with Gasteiger partial charge in [0.1, 0.15) is 11.6 Å². The van der Waals surface area contributed by atoms with Gasteiger partial charge in [0.15, 0.2) is 23.1 Å². The second kappa shape index (κ2) is 9.89. The first-order valence-corrected chi connectivity index (χ1v) is 12.6. The Bertz CT molecular complexity index is 1760. The monoisotopic (exact) mass is 586 g/mol. The van der Waals surface area contributed by atoms with E-state index in [1.807, 2.05) is 0 Å². The first-order valence-electron chi connectivity index (χ1n) is 12.6. The van der Waals surface area contributed by atoms with Gasteiger partial charge in [0, 0.05) is 24.1 Å². The van der Waals surface area contributed by atoms with Gasteiger partial charge in [0.25, 0.3) is 5.91 Å². The summed E-state index contributed by atoms with van der Waals surface area (Å²) in [5, 5.41) is 7.75. The summed E-state index contributed by atoms with van der Waals surface area (Å²) in [6.07, 6.45) is -8.97. The van der Waals surface area contributed by atoms with Crippen molar-refractivity contribution in [1.29, 1.82) is 0 Å². The molecule has 1 aliphatic heterocycles. The molecule has 3 aromatic heterocycles. The standard InChI is InChI=1S/C28H20F6N6O2/c1-42-18-9-7-16(8-10-18)19-13-22(27(29,30)31)39-24(36-19)14-20(37-39)26(41)38-21(17-5-3-2-4-6-17)15-23(28(32,33)34)40-25(38)11-12-35-40/h2-14,21,23H,15H2,1H3/t21-,23-/m0/s1. The quantitative estimate of drug-likeness (QED) is 0.224. The number of carbonyl (C=O) groups excluding carboxylic acids is 1. The molecule has 0 N–H and O–H groups in total. The highest BCUT2D eigenvalue weighted by atomic mass is 19.4. The van der Waals surface area contributed by atoms with Gasteiger partial charge in [0.2, 0.25) is 0 Å². The van der Waals surface area contributed by atoms with E-state index in [1.54, 1.807) is 42.5 Å². The van der Waals surface area contributed by atoms with Crippen LogP contribution in [0.5, 0.6) is 5.75 Å². The van der Waals surface area contributed by atoms with Gasteiger partial charge in [-0.25, -0.2) is 14.2 Å². The summed E-state index contributed by atoms with van der Waals surface area (Å²) >= 11 is 0. The van der Waals surface area contributed by atoms with Gasteiger partial charge in [-0.05, 0) is 35.9 Å². The highest BCUT2D eigenvalue weighted by molar-refractivity contribution is 6.05. The molecule has 42 heavy (non-hydrogen) atoms. The lowest BCUT2D eigenvalue weighted by Gasteiger charge is -2.40. The zero-order valence-corrected chi connectivity index (χ0v) is 21.6. The first-order chi connectivity index (χ1) is 20.0. The van der Waals surface area contributed by atoms with Crippen LogP contribution in [0.15, 0.2) is 79.0 Å². The average Bonchev–Trinajstić information content (AvgIpc) is 3.62. The van der Waals surface area contributed by atoms with E-state index in [1.165, 1.54) is 25.3 Å². The van der Waals surface area contributed by atoms with Crippen molar-refractivity contribution < 1.29 is 35.9 Å². The van der Waals surface area contributed by atoms with Crippen LogP contribution in [0, 0.1) is 0 Å². The molecule has 1 aliphatic rings. The van der Waals surface area contributed by atoms with Crippen molar-refractivity contribution in [3.05, 3.63) is 95.9 Å². The Morgan fingerprint density at radius 3 is 2.31 bits per heavy atom. The van der Waals surface area contributed by atoms with E-state index in [0.717, 1.165) is 23.2 Å². The number of nitrogens with zero attached hydrogens (tertiary/aromatic N) is 6. The average molecular weight is 586 g/mol. The molecule has 2 aromatic carbocycles. The number of halogens is 6. The van der Waals surface area contributed by atoms with Crippen LogP contribution in [-0.4, -0.2) is 43.6 Å². The number of hydrogen-bond acceptors (Lipinski definition) is 5. The molecule has 0 spiro atoms. The van der Waals surface area contributed by atoms with E-state index in [2.05, 4.69) is 15.2 Å². The zero-order chi connectivity index (χ0) is 29.8. The number of benzene rings is 2. The minimum atomic E-state index is -4.87. The number of ether oxygens (including phenoxy) is 1. The van der Waals surface area contributed by atoms with E-state index < -0.39 is 48.2 Å². The number of amides is 1. The fourth-order valence-corrected chi connectivity index (χ4v) is 5.11. The van der Waals surface area contributed by atoms with Crippen LogP contribution < -0.4 is 9.64 Å². The van der Waals surface area contributed by atoms with E-state index in [0.29, 0.717) is 26.1 Å². The smallest absolute Gasteiger partial charge is 0.433 e. The van der Waals surface area contributed by atoms with Crippen molar-refractivity contribution >= 4 is 17.4 Å². The zero-order valence-electron chi connectivity index (χ0n) is 21.6. The lowest BCUT2D eigenvalue weighted by Crippen LogP contribution is -2.45.